The maximum atomic E-state index is 17.3. The molecule has 2 aliphatic rings. The lowest BCUT2D eigenvalue weighted by Gasteiger charge is -2.32. The summed E-state index contributed by atoms with van der Waals surface area (Å²) in [5.41, 5.74) is 9.37. The van der Waals surface area contributed by atoms with Crippen molar-refractivity contribution < 1.29 is 32.5 Å². The normalized spacial score (nSPS) is 14.3. The van der Waals surface area contributed by atoms with Gasteiger partial charge >= 0.3 is 12.9 Å². The summed E-state index contributed by atoms with van der Waals surface area (Å²) in [6.07, 6.45) is 10.5. The largest absolute Gasteiger partial charge is 0.737 e. The van der Waals surface area contributed by atoms with Crippen molar-refractivity contribution in [3.8, 4) is 38.4 Å². The molecule has 0 bridgehead atoms. The van der Waals surface area contributed by atoms with E-state index in [2.05, 4.69) is 73.3 Å². The Kier molecular flexibility index (Phi) is 14.9. The number of hydrogen-bond acceptors (Lipinski definition) is 7. The van der Waals surface area contributed by atoms with E-state index in [4.69, 9.17) is 9.47 Å². The molecule has 5 heterocycles. The molecule has 69 heavy (non-hydrogen) atoms. The van der Waals surface area contributed by atoms with Crippen LogP contribution >= 0.6 is 22.7 Å². The molecule has 0 fully saturated rings. The fourth-order valence-electron chi connectivity index (χ4n) is 9.89. The van der Waals surface area contributed by atoms with E-state index in [1.165, 1.54) is 52.1 Å². The number of hydrogen-bond donors (Lipinski definition) is 1. The number of carboxylic acid groups (broad SMARTS) is 1. The van der Waals surface area contributed by atoms with Gasteiger partial charge in [0.1, 0.15) is 28.9 Å². The first-order chi connectivity index (χ1) is 33.3. The van der Waals surface area contributed by atoms with Gasteiger partial charge in [-0.1, -0.05) is 64.5 Å². The third kappa shape index (κ3) is 9.75. The third-order valence-corrected chi connectivity index (χ3v) is 15.4. The molecule has 0 atom stereocenters. The fourth-order valence-corrected chi connectivity index (χ4v) is 12.2. The van der Waals surface area contributed by atoms with Crippen LogP contribution in [0.15, 0.2) is 114 Å². The van der Waals surface area contributed by atoms with Crippen molar-refractivity contribution in [3.05, 3.63) is 141 Å². The number of aromatic nitrogens is 1. The highest BCUT2D eigenvalue weighted by Crippen LogP contribution is 2.50. The lowest BCUT2D eigenvalue weighted by molar-refractivity contribution is -0.363. The lowest BCUT2D eigenvalue weighted by atomic mass is 9.86. The minimum absolute atomic E-state index is 0.389. The number of thiophene rings is 2. The summed E-state index contributed by atoms with van der Waals surface area (Å²) in [7, 11) is 0. The summed E-state index contributed by atoms with van der Waals surface area (Å²) >= 11 is 2.87. The van der Waals surface area contributed by atoms with Crippen LogP contribution in [-0.4, -0.2) is 45.9 Å². The van der Waals surface area contributed by atoms with Crippen LogP contribution in [0.5, 0.6) is 11.5 Å². The van der Waals surface area contributed by atoms with Crippen LogP contribution < -0.4 is 14.4 Å². The first-order valence-corrected chi connectivity index (χ1v) is 25.6. The average molecular weight is 965 g/mol. The number of nitriles is 1. The van der Waals surface area contributed by atoms with Crippen LogP contribution in [0.4, 0.5) is 25.7 Å². The minimum Gasteiger partial charge on any atom is -0.494 e. The first kappa shape index (κ1) is 49.0. The molecule has 0 radical (unpaired) electrons. The molecule has 8 rings (SSSR count). The quantitative estimate of drug-likeness (QED) is 0.0355. The van der Waals surface area contributed by atoms with Crippen molar-refractivity contribution in [2.45, 2.75) is 99.8 Å². The van der Waals surface area contributed by atoms with Crippen LogP contribution in [0.1, 0.15) is 113 Å². The zero-order valence-electron chi connectivity index (χ0n) is 40.5. The van der Waals surface area contributed by atoms with Gasteiger partial charge in [0.05, 0.1) is 18.8 Å². The van der Waals surface area contributed by atoms with Gasteiger partial charge in [-0.25, -0.2) is 4.79 Å². The van der Waals surface area contributed by atoms with Crippen molar-refractivity contribution in [3.63, 3.8) is 0 Å². The van der Waals surface area contributed by atoms with Gasteiger partial charge in [-0.05, 0) is 148 Å². The molecule has 13 heteroatoms. The molecule has 6 aromatic rings. The number of fused-ring (bicyclic) bond motifs is 2. The van der Waals surface area contributed by atoms with Gasteiger partial charge in [-0.15, -0.1) is 22.7 Å². The maximum Gasteiger partial charge on any atom is 0.737 e. The van der Waals surface area contributed by atoms with Crippen LogP contribution in [0.25, 0.3) is 38.1 Å². The number of rotatable bonds is 20. The second-order valence-corrected chi connectivity index (χ2v) is 20.0. The third-order valence-electron chi connectivity index (χ3n) is 13.2. The van der Waals surface area contributed by atoms with Gasteiger partial charge in [0.2, 0.25) is 0 Å². The van der Waals surface area contributed by atoms with E-state index >= 15 is 8.63 Å². The smallest absolute Gasteiger partial charge is 0.494 e. The van der Waals surface area contributed by atoms with E-state index in [0.717, 1.165) is 96.7 Å². The fraction of sp³-hybridized carbons (Fsp3) is 0.304. The number of carbonyl (C=O) groups is 1. The molecule has 0 saturated carbocycles. The predicted molar refractivity (Wildman–Crippen MR) is 282 cm³/mol. The Labute approximate surface area is 412 Å². The van der Waals surface area contributed by atoms with E-state index in [1.807, 2.05) is 51.1 Å². The minimum atomic E-state index is -4.30. The number of allylic oxidation sites excluding steroid dienone is 3. The molecule has 3 aromatic heterocycles. The highest BCUT2D eigenvalue weighted by atomic mass is 32.1. The zero-order chi connectivity index (χ0) is 49.0. The molecule has 0 unspecified atom stereocenters. The SMILES string of the molecule is CCCCCCOc1ccc(N(c2ccc(OCCCCCC)cc2)c2ccc(-c3ccc(-c4c(C)c5n(c4C)[B-](F)(F)[N+]4=C(C)C(c6ccc(/C=C(\C#N)C(=O)O)s6)=C(C)C4=C5C)s3)cc2)cc1. The van der Waals surface area contributed by atoms with E-state index < -0.39 is 12.9 Å². The highest BCUT2D eigenvalue weighted by Gasteiger charge is 2.56. The van der Waals surface area contributed by atoms with Crippen molar-refractivity contribution in [2.75, 3.05) is 18.1 Å². The molecular formula is C56H59BF2N4O4S2. The molecule has 3 aromatic carbocycles. The molecule has 0 amide bonds. The lowest BCUT2D eigenvalue weighted by Crippen LogP contribution is -2.51. The summed E-state index contributed by atoms with van der Waals surface area (Å²) in [5, 5.41) is 18.7. The summed E-state index contributed by atoms with van der Waals surface area (Å²) in [6.45, 7) is 10.8. The van der Waals surface area contributed by atoms with Crippen molar-refractivity contribution in [1.82, 2.24) is 4.48 Å². The Morgan fingerprint density at radius 1 is 0.725 bits per heavy atom. The molecule has 8 nitrogen and oxygen atoms in total. The Hall–Kier alpha value is -6.49. The number of unbranched alkanes of at least 4 members (excludes halogenated alkanes) is 6. The van der Waals surface area contributed by atoms with Crippen LogP contribution in [0.3, 0.4) is 0 Å². The second-order valence-electron chi connectivity index (χ2n) is 17.9. The number of ether oxygens (including phenoxy) is 2. The Morgan fingerprint density at radius 3 is 1.80 bits per heavy atom. The Morgan fingerprint density at radius 2 is 1.26 bits per heavy atom. The summed E-state index contributed by atoms with van der Waals surface area (Å²) in [6, 6.07) is 34.4. The molecule has 0 aliphatic carbocycles. The number of aliphatic carboxylic acids is 1. The Bertz CT molecular complexity index is 2980. The predicted octanol–water partition coefficient (Wildman–Crippen LogP) is 15.9. The van der Waals surface area contributed by atoms with Crippen molar-refractivity contribution >= 4 is 75.6 Å². The summed E-state index contributed by atoms with van der Waals surface area (Å²) < 4.78 is 49.2. The van der Waals surface area contributed by atoms with Crippen LogP contribution in [-0.2, 0) is 4.79 Å². The number of halogens is 2. The van der Waals surface area contributed by atoms with Gasteiger partial charge < -0.3 is 37.1 Å². The number of anilines is 3. The van der Waals surface area contributed by atoms with E-state index in [9.17, 15) is 15.2 Å². The molecule has 2 aliphatic heterocycles. The highest BCUT2D eigenvalue weighted by molar-refractivity contribution is 7.18. The second kappa shape index (κ2) is 21.0. The van der Waals surface area contributed by atoms with Gasteiger partial charge in [0, 0.05) is 65.9 Å². The monoisotopic (exact) mass is 964 g/mol. The molecule has 0 saturated heterocycles. The average Bonchev–Trinajstić information content (AvgIpc) is 4.13. The summed E-state index contributed by atoms with van der Waals surface area (Å²) in [4.78, 5) is 17.0. The van der Waals surface area contributed by atoms with Crippen molar-refractivity contribution in [1.29, 1.82) is 5.26 Å². The standard InChI is InChI=1S/C56H59BF2N4O4S2/c1-8-10-12-14-32-66-46-24-20-44(21-25-46)61(45-22-26-47(27-23-45)67-33-15-13-11-9-2)43-18-16-41(17-19-43)49-30-31-51(69-49)53-37(4)55-38(5)54-36(3)52(39(6)62(54)57(58,59)63(55)40(53)7)50-29-28-48(68-50)34-42(35-60)56(64)65/h16-31,34H,8-15,32-33H2,1-7H3,(H,64,65)/b42-34+. The van der Waals surface area contributed by atoms with Crippen LogP contribution in [0.2, 0.25) is 0 Å². The zero-order valence-corrected chi connectivity index (χ0v) is 42.1. The number of nitrogens with zero attached hydrogens (tertiary/aromatic N) is 4. The number of benzene rings is 3. The topological polar surface area (TPSA) is 90.7 Å². The first-order valence-electron chi connectivity index (χ1n) is 24.0. The van der Waals surface area contributed by atoms with Gasteiger partial charge in [0.15, 0.2) is 5.70 Å². The van der Waals surface area contributed by atoms with Gasteiger partial charge in [0.25, 0.3) is 0 Å². The van der Waals surface area contributed by atoms with Crippen LogP contribution in [0, 0.1) is 25.2 Å². The molecule has 1 N–H and O–H groups in total. The van der Waals surface area contributed by atoms with Gasteiger partial charge in [-0.3, -0.25) is 0 Å². The maximum absolute atomic E-state index is 17.3. The van der Waals surface area contributed by atoms with E-state index in [1.54, 1.807) is 43.4 Å². The van der Waals surface area contributed by atoms with E-state index in [-0.39, 0.29) is 5.57 Å². The van der Waals surface area contributed by atoms with Crippen molar-refractivity contribution in [2.24, 2.45) is 0 Å². The Balaban J connectivity index is 1.08. The molecule has 0 spiro atoms. The summed E-state index contributed by atoms with van der Waals surface area (Å²) in [5.74, 6) is 0.382. The molecular weight excluding hydrogens is 906 g/mol. The number of carboxylic acids is 1. The van der Waals surface area contributed by atoms with E-state index in [0.29, 0.717) is 46.5 Å². The van der Waals surface area contributed by atoms with Gasteiger partial charge in [-0.2, -0.15) is 5.26 Å². The molecule has 356 valence electrons.